The number of carbonyl (C=O) groups excluding carboxylic acids is 1. The fourth-order valence-corrected chi connectivity index (χ4v) is 1.28. The van der Waals surface area contributed by atoms with Crippen molar-refractivity contribution in [2.75, 3.05) is 0 Å². The van der Waals surface area contributed by atoms with Crippen molar-refractivity contribution in [3.63, 3.8) is 0 Å². The molecular weight excluding hydrogens is 267 g/mol. The largest absolute Gasteiger partial charge is 1.00 e. The van der Waals surface area contributed by atoms with Crippen molar-refractivity contribution in [2.45, 2.75) is 6.92 Å². The maximum absolute atomic E-state index is 10.2. The van der Waals surface area contributed by atoms with Crippen molar-refractivity contribution in [2.24, 2.45) is 0 Å². The summed E-state index contributed by atoms with van der Waals surface area (Å²) in [4.78, 5) is 39.7. The minimum Gasteiger partial charge on any atom is -0.804 e. The van der Waals surface area contributed by atoms with Crippen molar-refractivity contribution < 1.29 is 122 Å². The van der Waals surface area contributed by atoms with Crippen LogP contribution in [0.15, 0.2) is 0 Å². The molecule has 0 N–H and O–H groups in total. The topological polar surface area (TPSA) is 130 Å². The molecule has 66 valence electrons. The van der Waals surface area contributed by atoms with Crippen molar-refractivity contribution >= 4 is 20.5 Å². The van der Waals surface area contributed by atoms with Gasteiger partial charge in [0.1, 0.15) is 0 Å². The van der Waals surface area contributed by atoms with Crippen LogP contribution in [-0.2, 0) is 18.4 Å². The summed E-state index contributed by atoms with van der Waals surface area (Å²) in [6.45, 7) is 0.667. The van der Waals surface area contributed by atoms with E-state index in [0.29, 0.717) is 6.92 Å². The molecule has 1 atom stereocenters. The second-order valence-corrected chi connectivity index (χ2v) is 6.52. The number of hydrogen-bond acceptors (Lipinski definition) is 7. The van der Waals surface area contributed by atoms with Crippen LogP contribution in [-0.4, -0.2) is 5.97 Å². The predicted octanol–water partition coefficient (Wildman–Crippen LogP) is -11.1. The summed E-state index contributed by atoms with van der Waals surface area (Å²) in [5.74, 6) is -1.37. The van der Waals surface area contributed by atoms with Gasteiger partial charge in [0.05, 0.1) is 0 Å². The van der Waals surface area contributed by atoms with E-state index in [0.717, 1.165) is 0 Å². The molecule has 1 unspecified atom stereocenters. The van der Waals surface area contributed by atoms with E-state index < -0.39 is 20.5 Å². The second kappa shape index (κ2) is 9.80. The third-order valence-corrected chi connectivity index (χ3v) is 3.68. The molecule has 0 fully saturated rings. The molecule has 0 aromatic heterocycles. The Morgan fingerprint density at radius 3 is 1.43 bits per heavy atom. The van der Waals surface area contributed by atoms with Crippen molar-refractivity contribution in [1.82, 2.24) is 0 Å². The summed E-state index contributed by atoms with van der Waals surface area (Å²) in [5, 5.41) is 0. The molecule has 14 heavy (non-hydrogen) atoms. The molecule has 0 rings (SSSR count). The van der Waals surface area contributed by atoms with Crippen molar-refractivity contribution in [1.29, 1.82) is 0 Å². The first-order valence-electron chi connectivity index (χ1n) is 2.20. The van der Waals surface area contributed by atoms with Crippen LogP contribution in [0.2, 0.25) is 0 Å². The molecule has 12 heteroatoms. The summed E-state index contributed by atoms with van der Waals surface area (Å²) in [7, 11) is -11.5. The van der Waals surface area contributed by atoms with Gasteiger partial charge in [-0.2, -0.15) is 0 Å². The van der Waals surface area contributed by atoms with E-state index in [1.165, 1.54) is 0 Å². The van der Waals surface area contributed by atoms with E-state index in [-0.39, 0.29) is 88.7 Å². The van der Waals surface area contributed by atoms with Crippen molar-refractivity contribution in [3.8, 4) is 0 Å². The first-order chi connectivity index (χ1) is 4.67. The molecule has 0 bridgehead atoms. The maximum atomic E-state index is 10.2. The Labute approximate surface area is 147 Å². The van der Waals surface area contributed by atoms with Crippen LogP contribution in [0.3, 0.4) is 0 Å². The predicted molar refractivity (Wildman–Crippen MR) is 27.0 cm³/mol. The molecule has 0 radical (unpaired) electrons. The van der Waals surface area contributed by atoms with E-state index in [9.17, 15) is 28.6 Å². The van der Waals surface area contributed by atoms with E-state index in [2.05, 4.69) is 4.52 Å². The van der Waals surface area contributed by atoms with Gasteiger partial charge < -0.3 is 23.8 Å². The van der Waals surface area contributed by atoms with Gasteiger partial charge in [0.25, 0.3) is 0 Å². The second-order valence-electron chi connectivity index (χ2n) is 1.52. The van der Waals surface area contributed by atoms with E-state index in [1.54, 1.807) is 0 Å². The molecule has 0 spiro atoms. The van der Waals surface area contributed by atoms with E-state index in [1.807, 2.05) is 0 Å². The summed E-state index contributed by atoms with van der Waals surface area (Å²) in [6.07, 6.45) is 0. The third kappa shape index (κ3) is 10.00. The Morgan fingerprint density at radius 2 is 1.36 bits per heavy atom. The quantitative estimate of drug-likeness (QED) is 0.359. The Hall–Kier alpha value is 2.81. The van der Waals surface area contributed by atoms with Crippen LogP contribution in [0.4, 0.5) is 0 Å². The minimum absolute atomic E-state index is 0. The molecule has 0 saturated carbocycles. The monoisotopic (exact) mass is 270 g/mol. The SMILES string of the molecule is CC(=O)OP(=O)([O-])P(=O)([O-])[O-].[Na+].[Na+].[Na+]. The average Bonchev–Trinajstić information content (AvgIpc) is 1.56. The van der Waals surface area contributed by atoms with Gasteiger partial charge in [-0.3, -0.25) is 9.36 Å². The summed E-state index contributed by atoms with van der Waals surface area (Å²) < 4.78 is 23.2. The number of hydrogen-bond donors (Lipinski definition) is 0. The first-order valence-corrected chi connectivity index (χ1v) is 5.99. The normalized spacial score (nSPS) is 13.4. The number of carbonyl (C=O) groups is 1. The fourth-order valence-electron chi connectivity index (χ4n) is 0.212. The van der Waals surface area contributed by atoms with Crippen LogP contribution >= 0.6 is 14.6 Å². The minimum atomic E-state index is -5.87. The van der Waals surface area contributed by atoms with Gasteiger partial charge in [-0.15, -0.1) is 0 Å². The third-order valence-electron chi connectivity index (χ3n) is 0.544. The van der Waals surface area contributed by atoms with Gasteiger partial charge in [-0.05, 0) is 0 Å². The zero-order chi connectivity index (χ0) is 9.28. The van der Waals surface area contributed by atoms with Crippen molar-refractivity contribution in [3.05, 3.63) is 0 Å². The van der Waals surface area contributed by atoms with Gasteiger partial charge >= 0.3 is 94.6 Å². The smallest absolute Gasteiger partial charge is 0.804 e. The summed E-state index contributed by atoms with van der Waals surface area (Å²) in [6, 6.07) is 0. The van der Waals surface area contributed by atoms with Crippen LogP contribution in [0.5, 0.6) is 0 Å². The maximum Gasteiger partial charge on any atom is 1.00 e. The van der Waals surface area contributed by atoms with E-state index >= 15 is 0 Å². The Kier molecular flexibility index (Phi) is 17.9. The zero-order valence-corrected chi connectivity index (χ0v) is 16.0. The zero-order valence-electron chi connectivity index (χ0n) is 8.25. The van der Waals surface area contributed by atoms with Gasteiger partial charge in [0, 0.05) is 14.2 Å². The van der Waals surface area contributed by atoms with Crippen LogP contribution in [0.25, 0.3) is 0 Å². The molecule has 0 aliphatic rings. The Bertz CT molecular complexity index is 260. The summed E-state index contributed by atoms with van der Waals surface area (Å²) >= 11 is 0. The van der Waals surface area contributed by atoms with Crippen LogP contribution < -0.4 is 103 Å². The molecule has 7 nitrogen and oxygen atoms in total. The molecule has 0 aliphatic carbocycles. The van der Waals surface area contributed by atoms with Gasteiger partial charge in [-0.1, -0.05) is 0 Å². The standard InChI is InChI=1S/C2H6O7P2.3Na/c1-2(3)9-11(7,8)10(4,5)6;;;/h1H3,(H,7,8)(H2,4,5,6);;;/q;3*+1/p-3. The van der Waals surface area contributed by atoms with Crippen LogP contribution in [0, 0.1) is 0 Å². The molecular formula is C2H3Na3O7P2. The first kappa shape index (κ1) is 25.6. The molecule has 0 heterocycles. The van der Waals surface area contributed by atoms with E-state index in [4.69, 9.17) is 0 Å². The summed E-state index contributed by atoms with van der Waals surface area (Å²) in [5.41, 5.74) is 0. The molecule has 0 aromatic carbocycles. The Morgan fingerprint density at radius 1 is 1.07 bits per heavy atom. The van der Waals surface area contributed by atoms with Gasteiger partial charge in [0.15, 0.2) is 0 Å². The molecule has 0 saturated heterocycles. The molecule has 0 amide bonds. The number of rotatable bonds is 2. The molecule has 0 aliphatic heterocycles. The average molecular weight is 270 g/mol. The van der Waals surface area contributed by atoms with Crippen LogP contribution in [0.1, 0.15) is 6.92 Å². The Balaban J connectivity index is -0.000000167. The molecule has 0 aromatic rings. The van der Waals surface area contributed by atoms with Gasteiger partial charge in [0.2, 0.25) is 7.28 Å². The van der Waals surface area contributed by atoms with Gasteiger partial charge in [-0.25, -0.2) is 0 Å². The fraction of sp³-hybridized carbons (Fsp3) is 0.500.